The Labute approximate surface area is 138 Å². The minimum atomic E-state index is -0.399. The lowest BCUT2D eigenvalue weighted by molar-refractivity contribution is 0.533. The second-order valence-corrected chi connectivity index (χ2v) is 6.34. The summed E-state index contributed by atoms with van der Waals surface area (Å²) in [5.41, 5.74) is 0.446. The fraction of sp³-hybridized carbons (Fsp3) is 0.500. The Morgan fingerprint density at radius 3 is 2.21 bits per heavy atom. The molecule has 2 aromatic heterocycles. The van der Waals surface area contributed by atoms with Gasteiger partial charge < -0.3 is 9.80 Å². The normalized spacial score (nSPS) is 23.0. The van der Waals surface area contributed by atoms with Crippen LogP contribution in [0.25, 0.3) is 0 Å². The minimum absolute atomic E-state index is 0.321. The molecule has 2 aliphatic rings. The lowest BCUT2D eigenvalue weighted by Gasteiger charge is -2.23. The monoisotopic (exact) mass is 332 g/mol. The maximum Gasteiger partial charge on any atom is 0.187 e. The van der Waals surface area contributed by atoms with Gasteiger partial charge in [0.1, 0.15) is 12.7 Å². The smallest absolute Gasteiger partial charge is 0.187 e. The largest absolute Gasteiger partial charge is 0.353 e. The standard InChI is InChI=1S/C16H18F2N6/c1-2-13-14(18)16(22-9-20-13)24-6-10-4-23(5-11(10)7-24)15-12(17)3-19-8-21-15/h3,8-11H,2,4-7H2,1H3. The van der Waals surface area contributed by atoms with Crippen LogP contribution in [-0.2, 0) is 6.42 Å². The van der Waals surface area contributed by atoms with Crippen molar-refractivity contribution in [3.8, 4) is 0 Å². The quantitative estimate of drug-likeness (QED) is 0.852. The molecule has 2 aromatic rings. The summed E-state index contributed by atoms with van der Waals surface area (Å²) in [6.45, 7) is 4.73. The van der Waals surface area contributed by atoms with Crippen LogP contribution in [0.1, 0.15) is 12.6 Å². The molecule has 4 heterocycles. The Kier molecular flexibility index (Phi) is 3.74. The number of halogens is 2. The third kappa shape index (κ3) is 2.46. The molecule has 2 unspecified atom stereocenters. The van der Waals surface area contributed by atoms with Crippen molar-refractivity contribution < 1.29 is 8.78 Å². The molecule has 2 saturated heterocycles. The first kappa shape index (κ1) is 15.2. The molecule has 0 radical (unpaired) electrons. The maximum atomic E-state index is 14.5. The summed E-state index contributed by atoms with van der Waals surface area (Å²) in [5.74, 6) is 0.712. The fourth-order valence-electron chi connectivity index (χ4n) is 3.74. The molecule has 0 saturated carbocycles. The zero-order valence-electron chi connectivity index (χ0n) is 13.4. The van der Waals surface area contributed by atoms with Crippen molar-refractivity contribution in [1.82, 2.24) is 19.9 Å². The van der Waals surface area contributed by atoms with Crippen LogP contribution in [0.4, 0.5) is 20.4 Å². The van der Waals surface area contributed by atoms with E-state index in [-0.39, 0.29) is 5.82 Å². The van der Waals surface area contributed by atoms with E-state index in [0.29, 0.717) is 61.8 Å². The highest BCUT2D eigenvalue weighted by Gasteiger charge is 2.42. The van der Waals surface area contributed by atoms with Gasteiger partial charge in [0.2, 0.25) is 0 Å². The molecule has 4 rings (SSSR count). The molecular weight excluding hydrogens is 314 g/mol. The average Bonchev–Trinajstić information content (AvgIpc) is 3.14. The van der Waals surface area contributed by atoms with Crippen LogP contribution in [0.5, 0.6) is 0 Å². The lowest BCUT2D eigenvalue weighted by Crippen LogP contribution is -2.31. The van der Waals surface area contributed by atoms with Crippen molar-refractivity contribution in [2.45, 2.75) is 13.3 Å². The molecule has 2 aliphatic heterocycles. The third-order valence-electron chi connectivity index (χ3n) is 4.91. The van der Waals surface area contributed by atoms with E-state index in [0.717, 1.165) is 0 Å². The second kappa shape index (κ2) is 5.92. The van der Waals surface area contributed by atoms with Crippen molar-refractivity contribution in [3.63, 3.8) is 0 Å². The molecule has 0 aromatic carbocycles. The third-order valence-corrected chi connectivity index (χ3v) is 4.91. The van der Waals surface area contributed by atoms with Gasteiger partial charge in [0, 0.05) is 38.0 Å². The van der Waals surface area contributed by atoms with Crippen molar-refractivity contribution in [2.24, 2.45) is 11.8 Å². The molecule has 8 heteroatoms. The average molecular weight is 332 g/mol. The number of anilines is 2. The highest BCUT2D eigenvalue weighted by Crippen LogP contribution is 2.36. The van der Waals surface area contributed by atoms with Crippen molar-refractivity contribution >= 4 is 11.6 Å². The summed E-state index contributed by atoms with van der Waals surface area (Å²) in [5, 5.41) is 0. The summed E-state index contributed by atoms with van der Waals surface area (Å²) in [6.07, 6.45) is 4.52. The zero-order chi connectivity index (χ0) is 16.7. The number of nitrogens with zero attached hydrogens (tertiary/aromatic N) is 6. The van der Waals surface area contributed by atoms with Crippen LogP contribution in [0.15, 0.2) is 18.9 Å². The molecule has 0 aliphatic carbocycles. The first-order valence-corrected chi connectivity index (χ1v) is 8.12. The maximum absolute atomic E-state index is 14.5. The number of fused-ring (bicyclic) bond motifs is 1. The van der Waals surface area contributed by atoms with Crippen molar-refractivity contribution in [2.75, 3.05) is 36.0 Å². The van der Waals surface area contributed by atoms with E-state index in [4.69, 9.17) is 0 Å². The van der Waals surface area contributed by atoms with Gasteiger partial charge in [-0.05, 0) is 6.42 Å². The van der Waals surface area contributed by atoms with Crippen molar-refractivity contribution in [1.29, 1.82) is 0 Å². The van der Waals surface area contributed by atoms with Gasteiger partial charge >= 0.3 is 0 Å². The van der Waals surface area contributed by atoms with Gasteiger partial charge in [-0.25, -0.2) is 28.7 Å². The van der Waals surface area contributed by atoms with E-state index in [2.05, 4.69) is 19.9 Å². The van der Waals surface area contributed by atoms with Gasteiger partial charge in [-0.2, -0.15) is 0 Å². The van der Waals surface area contributed by atoms with Crippen LogP contribution in [0.3, 0.4) is 0 Å². The summed E-state index contributed by atoms with van der Waals surface area (Å²) in [4.78, 5) is 19.8. The Hall–Kier alpha value is -2.38. The first-order chi connectivity index (χ1) is 11.7. The number of rotatable bonds is 3. The summed E-state index contributed by atoms with van der Waals surface area (Å²) in [6, 6.07) is 0. The Morgan fingerprint density at radius 1 is 0.958 bits per heavy atom. The van der Waals surface area contributed by atoms with E-state index in [1.54, 1.807) is 0 Å². The Bertz CT molecular complexity index is 741. The van der Waals surface area contributed by atoms with Crippen LogP contribution in [0, 0.1) is 23.5 Å². The topological polar surface area (TPSA) is 58.0 Å². The summed E-state index contributed by atoms with van der Waals surface area (Å²) in [7, 11) is 0. The predicted octanol–water partition coefficient (Wildman–Crippen LogP) is 1.68. The second-order valence-electron chi connectivity index (χ2n) is 6.34. The molecule has 0 amide bonds. The van der Waals surface area contributed by atoms with E-state index in [1.807, 2.05) is 16.7 Å². The number of hydrogen-bond donors (Lipinski definition) is 0. The molecule has 6 nitrogen and oxygen atoms in total. The molecule has 2 atom stereocenters. The van der Waals surface area contributed by atoms with Gasteiger partial charge in [0.15, 0.2) is 23.3 Å². The number of hydrogen-bond acceptors (Lipinski definition) is 6. The molecule has 0 bridgehead atoms. The van der Waals surface area contributed by atoms with Gasteiger partial charge in [-0.1, -0.05) is 6.92 Å². The molecular formula is C16H18F2N6. The fourth-order valence-corrected chi connectivity index (χ4v) is 3.74. The van der Waals surface area contributed by atoms with E-state index >= 15 is 0 Å². The SMILES string of the molecule is CCc1ncnc(N2CC3CN(c4ncncc4F)CC3C2)c1F. The van der Waals surface area contributed by atoms with Crippen LogP contribution in [0.2, 0.25) is 0 Å². The highest BCUT2D eigenvalue weighted by molar-refractivity contribution is 5.46. The molecule has 126 valence electrons. The summed E-state index contributed by atoms with van der Waals surface area (Å²) < 4.78 is 28.3. The number of aromatic nitrogens is 4. The van der Waals surface area contributed by atoms with Gasteiger partial charge in [-0.15, -0.1) is 0 Å². The first-order valence-electron chi connectivity index (χ1n) is 8.12. The minimum Gasteiger partial charge on any atom is -0.353 e. The van der Waals surface area contributed by atoms with Crippen LogP contribution >= 0.6 is 0 Å². The van der Waals surface area contributed by atoms with Gasteiger partial charge in [0.25, 0.3) is 0 Å². The molecule has 24 heavy (non-hydrogen) atoms. The number of aryl methyl sites for hydroxylation is 1. The highest BCUT2D eigenvalue weighted by atomic mass is 19.1. The van der Waals surface area contributed by atoms with E-state index in [9.17, 15) is 8.78 Å². The van der Waals surface area contributed by atoms with Gasteiger partial charge in [0.05, 0.1) is 11.9 Å². The predicted molar refractivity (Wildman–Crippen MR) is 84.8 cm³/mol. The Balaban J connectivity index is 1.50. The van der Waals surface area contributed by atoms with E-state index < -0.39 is 5.82 Å². The Morgan fingerprint density at radius 2 is 1.58 bits per heavy atom. The molecule has 2 fully saturated rings. The lowest BCUT2D eigenvalue weighted by atomic mass is 10.0. The molecule has 0 N–H and O–H groups in total. The van der Waals surface area contributed by atoms with Crippen LogP contribution in [-0.4, -0.2) is 46.1 Å². The van der Waals surface area contributed by atoms with Crippen LogP contribution < -0.4 is 9.80 Å². The van der Waals surface area contributed by atoms with E-state index in [1.165, 1.54) is 18.9 Å². The molecule has 0 spiro atoms. The zero-order valence-corrected chi connectivity index (χ0v) is 13.4. The summed E-state index contributed by atoms with van der Waals surface area (Å²) >= 11 is 0. The van der Waals surface area contributed by atoms with Crippen molar-refractivity contribution in [3.05, 3.63) is 36.2 Å². The van der Waals surface area contributed by atoms with Gasteiger partial charge in [-0.3, -0.25) is 0 Å².